The Morgan fingerprint density at radius 1 is 1.20 bits per heavy atom. The Balaban J connectivity index is 0.00000112. The van der Waals surface area contributed by atoms with Crippen molar-refractivity contribution in [3.63, 3.8) is 0 Å². The Hall–Kier alpha value is -1.48. The molecule has 0 aliphatic heterocycles. The van der Waals surface area contributed by atoms with Crippen molar-refractivity contribution in [3.8, 4) is 17.0 Å². The highest BCUT2D eigenvalue weighted by Gasteiger charge is 2.00. The van der Waals surface area contributed by atoms with E-state index in [9.17, 15) is 0 Å². The van der Waals surface area contributed by atoms with E-state index in [1.165, 1.54) is 0 Å². The normalized spacial score (nSPS) is 9.47. The molecule has 0 fully saturated rings. The molecule has 15 heavy (non-hydrogen) atoms. The first kappa shape index (κ1) is 11.6. The van der Waals surface area contributed by atoms with Gasteiger partial charge in [0.25, 0.3) is 0 Å². The second-order valence-corrected chi connectivity index (χ2v) is 3.15. The molecule has 3 nitrogen and oxygen atoms in total. The number of imidazole rings is 1. The van der Waals surface area contributed by atoms with E-state index in [1.54, 1.807) is 13.4 Å². The van der Waals surface area contributed by atoms with Crippen LogP contribution in [0.1, 0.15) is 0 Å². The maximum Gasteiger partial charge on any atom is 0.118 e. The average Bonchev–Trinajstić information content (AvgIpc) is 2.65. The zero-order valence-corrected chi connectivity index (χ0v) is 9.49. The second kappa shape index (κ2) is 4.84. The average molecular weight is 225 g/mol. The minimum absolute atomic E-state index is 0. The number of rotatable bonds is 2. The molecule has 0 amide bonds. The van der Waals surface area contributed by atoms with Crippen molar-refractivity contribution in [3.05, 3.63) is 36.8 Å². The molecule has 0 aliphatic rings. The van der Waals surface area contributed by atoms with Gasteiger partial charge in [0.1, 0.15) is 5.75 Å². The van der Waals surface area contributed by atoms with Gasteiger partial charge < -0.3 is 9.30 Å². The topological polar surface area (TPSA) is 27.1 Å². The lowest BCUT2D eigenvalue weighted by atomic mass is 10.2. The van der Waals surface area contributed by atoms with Gasteiger partial charge in [0, 0.05) is 18.8 Å². The molecule has 1 heterocycles. The van der Waals surface area contributed by atoms with Crippen LogP contribution in [0.3, 0.4) is 0 Å². The number of nitrogens with zero attached hydrogens (tertiary/aromatic N) is 2. The number of hydrogen-bond donors (Lipinski definition) is 0. The molecule has 4 heteroatoms. The summed E-state index contributed by atoms with van der Waals surface area (Å²) in [6.07, 6.45) is 3.78. The molecule has 0 saturated heterocycles. The van der Waals surface area contributed by atoms with Crippen LogP contribution in [0, 0.1) is 0 Å². The molecule has 1 aromatic heterocycles. The number of benzene rings is 1. The van der Waals surface area contributed by atoms with E-state index >= 15 is 0 Å². The Morgan fingerprint density at radius 2 is 1.87 bits per heavy atom. The smallest absolute Gasteiger partial charge is 0.118 e. The summed E-state index contributed by atoms with van der Waals surface area (Å²) in [5.74, 6) is 0.865. The third-order valence-electron chi connectivity index (χ3n) is 2.09. The molecule has 0 N–H and O–H groups in total. The summed E-state index contributed by atoms with van der Waals surface area (Å²) in [6.45, 7) is 0. The summed E-state index contributed by atoms with van der Waals surface area (Å²) in [5.41, 5.74) is 2.08. The van der Waals surface area contributed by atoms with E-state index in [0.29, 0.717) is 0 Å². The Labute approximate surface area is 95.1 Å². The van der Waals surface area contributed by atoms with Gasteiger partial charge in [-0.05, 0) is 24.3 Å². The Morgan fingerprint density at radius 3 is 2.33 bits per heavy atom. The van der Waals surface area contributed by atoms with Gasteiger partial charge in [-0.2, -0.15) is 0 Å². The molecular formula is C11H13ClN2O. The van der Waals surface area contributed by atoms with Gasteiger partial charge in [-0.3, -0.25) is 0 Å². The van der Waals surface area contributed by atoms with Crippen LogP contribution in [0.5, 0.6) is 5.75 Å². The van der Waals surface area contributed by atoms with Crippen LogP contribution in [-0.2, 0) is 7.05 Å². The first-order chi connectivity index (χ1) is 6.79. The fraction of sp³-hybridized carbons (Fsp3) is 0.182. The van der Waals surface area contributed by atoms with Crippen molar-refractivity contribution in [1.29, 1.82) is 0 Å². The third kappa shape index (κ3) is 2.50. The lowest BCUT2D eigenvalue weighted by molar-refractivity contribution is 0.415. The molecule has 0 spiro atoms. The lowest BCUT2D eigenvalue weighted by Gasteiger charge is -2.00. The molecule has 0 unspecified atom stereocenters. The predicted molar refractivity (Wildman–Crippen MR) is 62.4 cm³/mol. The SMILES string of the molecule is COc1ccc(-c2cn(C)cn2)cc1.Cl. The van der Waals surface area contributed by atoms with E-state index in [2.05, 4.69) is 4.98 Å². The van der Waals surface area contributed by atoms with E-state index in [4.69, 9.17) is 4.74 Å². The molecule has 2 aromatic rings. The first-order valence-corrected chi connectivity index (χ1v) is 4.42. The van der Waals surface area contributed by atoms with Crippen LogP contribution in [0.2, 0.25) is 0 Å². The summed E-state index contributed by atoms with van der Waals surface area (Å²) in [7, 11) is 3.62. The van der Waals surface area contributed by atoms with E-state index < -0.39 is 0 Å². The number of aromatic nitrogens is 2. The molecule has 0 aliphatic carbocycles. The minimum atomic E-state index is 0. The predicted octanol–water partition coefficient (Wildman–Crippen LogP) is 2.52. The lowest BCUT2D eigenvalue weighted by Crippen LogP contribution is -1.82. The van der Waals surface area contributed by atoms with Gasteiger partial charge in [0.15, 0.2) is 0 Å². The number of halogens is 1. The largest absolute Gasteiger partial charge is 0.497 e. The van der Waals surface area contributed by atoms with E-state index in [1.807, 2.05) is 42.1 Å². The highest BCUT2D eigenvalue weighted by atomic mass is 35.5. The summed E-state index contributed by atoms with van der Waals surface area (Å²) >= 11 is 0. The zero-order valence-electron chi connectivity index (χ0n) is 8.68. The number of aryl methyl sites for hydroxylation is 1. The van der Waals surface area contributed by atoms with Crippen LogP contribution in [-0.4, -0.2) is 16.7 Å². The van der Waals surface area contributed by atoms with Crippen molar-refractivity contribution in [2.24, 2.45) is 7.05 Å². The van der Waals surface area contributed by atoms with Gasteiger partial charge in [0.05, 0.1) is 19.1 Å². The van der Waals surface area contributed by atoms with Crippen LogP contribution >= 0.6 is 12.4 Å². The molecule has 0 radical (unpaired) electrons. The van der Waals surface area contributed by atoms with Crippen molar-refractivity contribution in [2.45, 2.75) is 0 Å². The van der Waals surface area contributed by atoms with Gasteiger partial charge >= 0.3 is 0 Å². The summed E-state index contributed by atoms with van der Waals surface area (Å²) in [6, 6.07) is 7.87. The molecule has 2 rings (SSSR count). The molecule has 0 atom stereocenters. The van der Waals surface area contributed by atoms with Crippen molar-refractivity contribution in [1.82, 2.24) is 9.55 Å². The van der Waals surface area contributed by atoms with Crippen LogP contribution in [0.15, 0.2) is 36.8 Å². The van der Waals surface area contributed by atoms with Crippen molar-refractivity contribution >= 4 is 12.4 Å². The maximum atomic E-state index is 5.08. The monoisotopic (exact) mass is 224 g/mol. The second-order valence-electron chi connectivity index (χ2n) is 3.15. The fourth-order valence-electron chi connectivity index (χ4n) is 1.32. The summed E-state index contributed by atoms with van der Waals surface area (Å²) in [5, 5.41) is 0. The van der Waals surface area contributed by atoms with Crippen molar-refractivity contribution < 1.29 is 4.74 Å². The van der Waals surface area contributed by atoms with E-state index in [-0.39, 0.29) is 12.4 Å². The third-order valence-corrected chi connectivity index (χ3v) is 2.09. The highest BCUT2D eigenvalue weighted by molar-refractivity contribution is 5.85. The Bertz CT molecular complexity index is 422. The van der Waals surface area contributed by atoms with Gasteiger partial charge in [-0.15, -0.1) is 12.4 Å². The Kier molecular flexibility index (Phi) is 3.74. The van der Waals surface area contributed by atoms with E-state index in [0.717, 1.165) is 17.0 Å². The van der Waals surface area contributed by atoms with Crippen LogP contribution in [0.25, 0.3) is 11.3 Å². The molecule has 1 aromatic carbocycles. The quantitative estimate of drug-likeness (QED) is 0.784. The minimum Gasteiger partial charge on any atom is -0.497 e. The number of methoxy groups -OCH3 is 1. The van der Waals surface area contributed by atoms with Crippen molar-refractivity contribution in [2.75, 3.05) is 7.11 Å². The summed E-state index contributed by atoms with van der Waals surface area (Å²) < 4.78 is 7.01. The van der Waals surface area contributed by atoms with Crippen LogP contribution in [0.4, 0.5) is 0 Å². The summed E-state index contributed by atoms with van der Waals surface area (Å²) in [4.78, 5) is 4.26. The van der Waals surface area contributed by atoms with Crippen LogP contribution < -0.4 is 4.74 Å². The van der Waals surface area contributed by atoms with Gasteiger partial charge in [-0.1, -0.05) is 0 Å². The highest BCUT2D eigenvalue weighted by Crippen LogP contribution is 2.19. The number of hydrogen-bond acceptors (Lipinski definition) is 2. The zero-order chi connectivity index (χ0) is 9.97. The first-order valence-electron chi connectivity index (χ1n) is 4.42. The standard InChI is InChI=1S/C11H12N2O.ClH/c1-13-7-11(12-8-13)9-3-5-10(14-2)6-4-9;/h3-8H,1-2H3;1H. The molecule has 80 valence electrons. The van der Waals surface area contributed by atoms with Gasteiger partial charge in [0.2, 0.25) is 0 Å². The fourth-order valence-corrected chi connectivity index (χ4v) is 1.32. The maximum absolute atomic E-state index is 5.08. The molecule has 0 saturated carbocycles. The molecular weight excluding hydrogens is 212 g/mol. The van der Waals surface area contributed by atoms with Gasteiger partial charge in [-0.25, -0.2) is 4.98 Å². The number of ether oxygens (including phenoxy) is 1. The molecule has 0 bridgehead atoms.